The predicted octanol–water partition coefficient (Wildman–Crippen LogP) is 0.559. The number of nitrogens with two attached hydrogens (primary N) is 1. The Morgan fingerprint density at radius 2 is 1.85 bits per heavy atom. The van der Waals surface area contributed by atoms with Crippen molar-refractivity contribution in [3.05, 3.63) is 42.5 Å². The molecule has 4 rings (SSSR count). The Balaban J connectivity index is 1.65. The zero-order valence-corrected chi connectivity index (χ0v) is 14.9. The number of hydrogen-bond acceptors (Lipinski definition) is 6. The lowest BCUT2D eigenvalue weighted by molar-refractivity contribution is -0.129. The van der Waals surface area contributed by atoms with Crippen molar-refractivity contribution < 1.29 is 9.59 Å². The van der Waals surface area contributed by atoms with Gasteiger partial charge in [0.2, 0.25) is 5.91 Å². The minimum atomic E-state index is -0.596. The summed E-state index contributed by atoms with van der Waals surface area (Å²) in [6.45, 7) is 4.43. The number of anilines is 1. The molecular formula is C18H19N7O2. The maximum Gasteiger partial charge on any atom is 0.268 e. The topological polar surface area (TPSA) is 110 Å². The molecule has 0 aromatic carbocycles. The maximum absolute atomic E-state index is 11.5. The first-order valence-corrected chi connectivity index (χ1v) is 8.64. The third-order valence-corrected chi connectivity index (χ3v) is 4.69. The Bertz CT molecular complexity index is 1020. The summed E-state index contributed by atoms with van der Waals surface area (Å²) in [5.74, 6) is 0.345. The molecule has 1 fully saturated rings. The normalized spacial score (nSPS) is 14.6. The smallest absolute Gasteiger partial charge is 0.268 e. The summed E-state index contributed by atoms with van der Waals surface area (Å²) in [5.41, 5.74) is 7.59. The lowest BCUT2D eigenvalue weighted by Crippen LogP contribution is -2.48. The Morgan fingerprint density at radius 1 is 1.07 bits per heavy atom. The standard InChI is InChI=1S/C18H19N7O2/c1-12(26)23-5-7-24(8-6-23)16-4-2-3-13(22-16)15-9-21-17-10-20-14(18(19)27)11-25(15)17/h2-4,9-11H,5-8H2,1H3,(H2,19,27). The molecule has 138 valence electrons. The number of imidazole rings is 1. The number of piperazine rings is 1. The van der Waals surface area contributed by atoms with Crippen molar-refractivity contribution in [2.24, 2.45) is 5.73 Å². The van der Waals surface area contributed by atoms with Gasteiger partial charge in [-0.15, -0.1) is 0 Å². The van der Waals surface area contributed by atoms with Crippen LogP contribution >= 0.6 is 0 Å². The van der Waals surface area contributed by atoms with E-state index < -0.39 is 5.91 Å². The van der Waals surface area contributed by atoms with Crippen molar-refractivity contribution in [3.8, 4) is 11.4 Å². The highest BCUT2D eigenvalue weighted by Crippen LogP contribution is 2.22. The number of nitrogens with zero attached hydrogens (tertiary/aromatic N) is 6. The molecule has 9 heteroatoms. The van der Waals surface area contributed by atoms with Crippen LogP contribution in [-0.4, -0.2) is 62.2 Å². The average molecular weight is 365 g/mol. The second kappa shape index (κ2) is 6.67. The van der Waals surface area contributed by atoms with Crippen LogP contribution in [0.2, 0.25) is 0 Å². The fourth-order valence-electron chi connectivity index (χ4n) is 3.20. The summed E-state index contributed by atoms with van der Waals surface area (Å²) in [4.78, 5) is 40.0. The second-order valence-corrected chi connectivity index (χ2v) is 6.38. The van der Waals surface area contributed by atoms with E-state index in [-0.39, 0.29) is 11.6 Å². The van der Waals surface area contributed by atoms with E-state index in [0.29, 0.717) is 18.7 Å². The van der Waals surface area contributed by atoms with Gasteiger partial charge in [-0.25, -0.2) is 15.0 Å². The van der Waals surface area contributed by atoms with Crippen molar-refractivity contribution in [2.45, 2.75) is 6.92 Å². The van der Waals surface area contributed by atoms with Crippen LogP contribution in [0.5, 0.6) is 0 Å². The summed E-state index contributed by atoms with van der Waals surface area (Å²) in [7, 11) is 0. The van der Waals surface area contributed by atoms with Crippen molar-refractivity contribution >= 4 is 23.3 Å². The highest BCUT2D eigenvalue weighted by atomic mass is 16.2. The first kappa shape index (κ1) is 17.0. The number of carbonyl (C=O) groups excluding carboxylic acids is 2. The van der Waals surface area contributed by atoms with Crippen molar-refractivity contribution in [1.29, 1.82) is 0 Å². The van der Waals surface area contributed by atoms with Crippen LogP contribution in [0.1, 0.15) is 17.4 Å². The number of pyridine rings is 1. The number of hydrogen-bond donors (Lipinski definition) is 1. The van der Waals surface area contributed by atoms with Gasteiger partial charge in [-0.2, -0.15) is 0 Å². The molecular weight excluding hydrogens is 346 g/mol. The minimum Gasteiger partial charge on any atom is -0.364 e. The molecule has 0 radical (unpaired) electrons. The zero-order valence-electron chi connectivity index (χ0n) is 14.9. The fourth-order valence-corrected chi connectivity index (χ4v) is 3.20. The van der Waals surface area contributed by atoms with Gasteiger partial charge in [0.15, 0.2) is 5.65 Å². The van der Waals surface area contributed by atoms with Gasteiger partial charge in [-0.3, -0.25) is 14.0 Å². The minimum absolute atomic E-state index is 0.0981. The quantitative estimate of drug-likeness (QED) is 0.726. The molecule has 0 unspecified atom stereocenters. The summed E-state index contributed by atoms with van der Waals surface area (Å²) >= 11 is 0. The zero-order chi connectivity index (χ0) is 19.0. The van der Waals surface area contributed by atoms with Gasteiger partial charge in [0.1, 0.15) is 11.5 Å². The number of fused-ring (bicyclic) bond motifs is 1. The van der Waals surface area contributed by atoms with E-state index in [1.807, 2.05) is 23.1 Å². The van der Waals surface area contributed by atoms with Crippen molar-refractivity contribution in [1.82, 2.24) is 24.3 Å². The molecule has 2 N–H and O–H groups in total. The number of rotatable bonds is 3. The van der Waals surface area contributed by atoms with Gasteiger partial charge in [-0.05, 0) is 12.1 Å². The maximum atomic E-state index is 11.5. The Hall–Kier alpha value is -3.49. The van der Waals surface area contributed by atoms with Crippen molar-refractivity contribution in [2.75, 3.05) is 31.1 Å². The third-order valence-electron chi connectivity index (χ3n) is 4.69. The van der Waals surface area contributed by atoms with Crippen LogP contribution in [0.4, 0.5) is 5.82 Å². The summed E-state index contributed by atoms with van der Waals surface area (Å²) in [5, 5.41) is 0. The summed E-state index contributed by atoms with van der Waals surface area (Å²) in [6, 6.07) is 5.78. The summed E-state index contributed by atoms with van der Waals surface area (Å²) in [6.07, 6.45) is 4.77. The highest BCUT2D eigenvalue weighted by molar-refractivity contribution is 5.90. The Kier molecular flexibility index (Phi) is 4.19. The van der Waals surface area contributed by atoms with E-state index in [1.54, 1.807) is 23.7 Å². The SMILES string of the molecule is CC(=O)N1CCN(c2cccc(-c3cnc4cnc(C(N)=O)cn34)n2)CC1. The molecule has 0 aliphatic carbocycles. The van der Waals surface area contributed by atoms with Gasteiger partial charge in [0.05, 0.1) is 23.8 Å². The predicted molar refractivity (Wildman–Crippen MR) is 99.2 cm³/mol. The molecule has 0 saturated carbocycles. The molecule has 0 atom stereocenters. The number of amides is 2. The van der Waals surface area contributed by atoms with E-state index in [0.717, 1.165) is 30.3 Å². The second-order valence-electron chi connectivity index (χ2n) is 6.38. The van der Waals surface area contributed by atoms with Crippen LogP contribution < -0.4 is 10.6 Å². The highest BCUT2D eigenvalue weighted by Gasteiger charge is 2.20. The van der Waals surface area contributed by atoms with Gasteiger partial charge in [0, 0.05) is 39.3 Å². The molecule has 3 aromatic heterocycles. The van der Waals surface area contributed by atoms with Crippen molar-refractivity contribution in [3.63, 3.8) is 0 Å². The Labute approximate surface area is 155 Å². The summed E-state index contributed by atoms with van der Waals surface area (Å²) < 4.78 is 1.76. The van der Waals surface area contributed by atoms with Crippen LogP contribution in [0.25, 0.3) is 17.0 Å². The van der Waals surface area contributed by atoms with Crippen LogP contribution in [0.15, 0.2) is 36.8 Å². The van der Waals surface area contributed by atoms with Gasteiger partial charge in [0.25, 0.3) is 5.91 Å². The van der Waals surface area contributed by atoms with E-state index in [4.69, 9.17) is 10.7 Å². The van der Waals surface area contributed by atoms with E-state index in [1.165, 1.54) is 6.20 Å². The lowest BCUT2D eigenvalue weighted by atomic mass is 10.2. The monoisotopic (exact) mass is 365 g/mol. The van der Waals surface area contributed by atoms with Gasteiger partial charge in [-0.1, -0.05) is 6.07 Å². The van der Waals surface area contributed by atoms with Crippen LogP contribution in [0, 0.1) is 0 Å². The number of carbonyl (C=O) groups is 2. The van der Waals surface area contributed by atoms with E-state index in [2.05, 4.69) is 14.9 Å². The molecule has 9 nitrogen and oxygen atoms in total. The van der Waals surface area contributed by atoms with Crippen LogP contribution in [-0.2, 0) is 4.79 Å². The van der Waals surface area contributed by atoms with Crippen LogP contribution in [0.3, 0.4) is 0 Å². The molecule has 1 aliphatic heterocycles. The largest absolute Gasteiger partial charge is 0.364 e. The van der Waals surface area contributed by atoms with E-state index in [9.17, 15) is 9.59 Å². The fraction of sp³-hybridized carbons (Fsp3) is 0.278. The molecule has 2 amide bonds. The molecule has 1 aliphatic rings. The molecule has 4 heterocycles. The molecule has 27 heavy (non-hydrogen) atoms. The first-order valence-electron chi connectivity index (χ1n) is 8.64. The lowest BCUT2D eigenvalue weighted by Gasteiger charge is -2.35. The first-order chi connectivity index (χ1) is 13.0. The molecule has 0 bridgehead atoms. The third kappa shape index (κ3) is 3.19. The van der Waals surface area contributed by atoms with E-state index >= 15 is 0 Å². The Morgan fingerprint density at radius 3 is 2.56 bits per heavy atom. The number of aromatic nitrogens is 4. The molecule has 1 saturated heterocycles. The molecule has 3 aromatic rings. The number of primary amides is 1. The van der Waals surface area contributed by atoms with Gasteiger partial charge < -0.3 is 15.5 Å². The molecule has 0 spiro atoms. The van der Waals surface area contributed by atoms with Gasteiger partial charge >= 0.3 is 0 Å². The average Bonchev–Trinajstić information content (AvgIpc) is 3.11.